The van der Waals surface area contributed by atoms with E-state index in [0.717, 1.165) is 12.1 Å². The van der Waals surface area contributed by atoms with Crippen molar-refractivity contribution in [3.05, 3.63) is 38.4 Å². The minimum Gasteiger partial charge on any atom is -0.480 e. The second kappa shape index (κ2) is 13.4. The van der Waals surface area contributed by atoms with Crippen molar-refractivity contribution >= 4 is 34.9 Å². The summed E-state index contributed by atoms with van der Waals surface area (Å²) in [4.78, 5) is 43.9. The molecule has 0 heterocycles. The van der Waals surface area contributed by atoms with E-state index in [-0.39, 0.29) is 30.2 Å². The quantitative estimate of drug-likeness (QED) is 0.0603. The van der Waals surface area contributed by atoms with E-state index in [0.29, 0.717) is 32.4 Å². The van der Waals surface area contributed by atoms with Gasteiger partial charge in [0.1, 0.15) is 11.7 Å². The highest BCUT2D eigenvalue weighted by atomic mass is 16.6. The summed E-state index contributed by atoms with van der Waals surface area (Å²) in [5.74, 6) is -2.04. The minimum atomic E-state index is -1.20. The predicted molar refractivity (Wildman–Crippen MR) is 119 cm³/mol. The van der Waals surface area contributed by atoms with Crippen LogP contribution in [0.5, 0.6) is 0 Å². The van der Waals surface area contributed by atoms with Crippen molar-refractivity contribution in [1.82, 2.24) is 10.6 Å². The highest BCUT2D eigenvalue weighted by Gasteiger charge is 2.23. The molecule has 0 bridgehead atoms. The van der Waals surface area contributed by atoms with Crippen LogP contribution in [-0.2, 0) is 9.59 Å². The first-order valence-corrected chi connectivity index (χ1v) is 10.1. The number of carboxylic acids is 1. The van der Waals surface area contributed by atoms with Crippen LogP contribution in [0.3, 0.4) is 0 Å². The average Bonchev–Trinajstić information content (AvgIpc) is 2.74. The number of hydrogen-bond donors (Lipinski definition) is 7. The molecule has 0 aromatic heterocycles. The molecule has 0 aliphatic carbocycles. The van der Waals surface area contributed by atoms with E-state index in [2.05, 4.69) is 16.0 Å². The number of amides is 1. The van der Waals surface area contributed by atoms with Crippen LogP contribution in [0.1, 0.15) is 32.1 Å². The Hall–Kier alpha value is -4.01. The summed E-state index contributed by atoms with van der Waals surface area (Å²) >= 11 is 0. The number of aliphatic carboxylic acids is 1. The van der Waals surface area contributed by atoms with Crippen LogP contribution >= 0.6 is 0 Å². The maximum atomic E-state index is 12.2. The first-order valence-electron chi connectivity index (χ1n) is 10.1. The fourth-order valence-corrected chi connectivity index (χ4v) is 2.84. The molecular weight excluding hydrogens is 440 g/mol. The number of nitrogens with two attached hydrogens (primary N) is 2. The molecule has 0 aliphatic rings. The van der Waals surface area contributed by atoms with Crippen molar-refractivity contribution in [2.24, 2.45) is 11.5 Å². The van der Waals surface area contributed by atoms with E-state index in [1.165, 1.54) is 6.07 Å². The lowest BCUT2D eigenvalue weighted by atomic mass is 10.1. The summed E-state index contributed by atoms with van der Waals surface area (Å²) in [6.07, 6.45) is 1.73. The topological polar surface area (TPSA) is 253 Å². The summed E-state index contributed by atoms with van der Waals surface area (Å²) in [6.45, 7) is 0.592. The molecular formula is C18H28N8O7. The van der Waals surface area contributed by atoms with Crippen molar-refractivity contribution < 1.29 is 24.5 Å². The average molecular weight is 468 g/mol. The van der Waals surface area contributed by atoms with Crippen molar-refractivity contribution in [2.75, 3.05) is 18.4 Å². The Morgan fingerprint density at radius 1 is 1.09 bits per heavy atom. The number of unbranched alkanes of at least 4 members (excludes halogenated alkanes) is 1. The normalized spacial score (nSPS) is 12.3. The van der Waals surface area contributed by atoms with E-state index in [1.54, 1.807) is 0 Å². The molecule has 0 saturated carbocycles. The first-order chi connectivity index (χ1) is 15.5. The van der Waals surface area contributed by atoms with E-state index in [1.807, 2.05) is 0 Å². The third-order valence-corrected chi connectivity index (χ3v) is 4.58. The van der Waals surface area contributed by atoms with Crippen molar-refractivity contribution in [3.63, 3.8) is 0 Å². The predicted octanol–water partition coefficient (Wildman–Crippen LogP) is 0.245. The number of nitrogens with one attached hydrogen (secondary N) is 4. The lowest BCUT2D eigenvalue weighted by Crippen LogP contribution is -2.48. The van der Waals surface area contributed by atoms with Gasteiger partial charge in [0.05, 0.1) is 22.0 Å². The van der Waals surface area contributed by atoms with E-state index in [4.69, 9.17) is 16.9 Å². The molecule has 15 nitrogen and oxygen atoms in total. The van der Waals surface area contributed by atoms with Gasteiger partial charge in [-0.3, -0.25) is 30.4 Å². The Balaban J connectivity index is 2.44. The highest BCUT2D eigenvalue weighted by Crippen LogP contribution is 2.28. The zero-order valence-corrected chi connectivity index (χ0v) is 17.8. The van der Waals surface area contributed by atoms with Gasteiger partial charge in [-0.25, -0.2) is 4.79 Å². The monoisotopic (exact) mass is 468 g/mol. The Labute approximate surface area is 188 Å². The largest absolute Gasteiger partial charge is 0.480 e. The molecule has 2 atom stereocenters. The first kappa shape index (κ1) is 27.0. The van der Waals surface area contributed by atoms with Crippen LogP contribution in [0.4, 0.5) is 17.1 Å². The van der Waals surface area contributed by atoms with Gasteiger partial charge in [-0.1, -0.05) is 0 Å². The molecule has 1 rings (SSSR count). The van der Waals surface area contributed by atoms with Crippen molar-refractivity contribution in [1.29, 1.82) is 5.41 Å². The molecule has 33 heavy (non-hydrogen) atoms. The minimum absolute atomic E-state index is 0.131. The van der Waals surface area contributed by atoms with Crippen LogP contribution in [-0.4, -0.2) is 58.0 Å². The fourth-order valence-electron chi connectivity index (χ4n) is 2.84. The summed E-state index contributed by atoms with van der Waals surface area (Å²) in [6, 6.07) is 1.23. The number of guanidine groups is 1. The maximum Gasteiger partial charge on any atom is 0.326 e. The number of rotatable bonds is 15. The Bertz CT molecular complexity index is 879. The van der Waals surface area contributed by atoms with Gasteiger partial charge in [0.25, 0.3) is 11.4 Å². The molecule has 1 amide bonds. The number of nitro benzene ring substituents is 2. The molecule has 0 saturated heterocycles. The third kappa shape index (κ3) is 9.77. The standard InChI is InChI=1S/C18H28N8O7/c19-12(16(27)24-14(17(28)29)5-3-9-23-18(20)21)4-1-2-8-22-13-7-6-11(25(30)31)10-15(13)26(32)33/h6-7,10,12,14,22H,1-5,8-9,19H2,(H,24,27)(H,28,29)(H4,20,21,23)/t12-,14+/m0/s1. The van der Waals surface area contributed by atoms with Crippen LogP contribution in [0.25, 0.3) is 0 Å². The fraction of sp³-hybridized carbons (Fsp3) is 0.500. The zero-order valence-electron chi connectivity index (χ0n) is 17.8. The Kier molecular flexibility index (Phi) is 11.0. The van der Waals surface area contributed by atoms with Gasteiger partial charge in [-0.15, -0.1) is 0 Å². The molecule has 15 heteroatoms. The van der Waals surface area contributed by atoms with Crippen LogP contribution < -0.4 is 27.4 Å². The molecule has 0 aliphatic heterocycles. The van der Waals surface area contributed by atoms with Gasteiger partial charge < -0.3 is 32.5 Å². The number of carbonyl (C=O) groups is 2. The number of hydrogen-bond acceptors (Lipinski definition) is 9. The van der Waals surface area contributed by atoms with Gasteiger partial charge in [0.2, 0.25) is 5.91 Å². The summed E-state index contributed by atoms with van der Waals surface area (Å²) in [7, 11) is 0. The van der Waals surface area contributed by atoms with Gasteiger partial charge in [-0.2, -0.15) is 0 Å². The Morgan fingerprint density at radius 2 is 1.79 bits per heavy atom. The number of carbonyl (C=O) groups excluding carboxylic acids is 1. The number of anilines is 1. The molecule has 0 fully saturated rings. The number of nitrogens with zero attached hydrogens (tertiary/aromatic N) is 2. The molecule has 1 aromatic carbocycles. The lowest BCUT2D eigenvalue weighted by molar-refractivity contribution is -0.393. The smallest absolute Gasteiger partial charge is 0.326 e. The molecule has 0 radical (unpaired) electrons. The van der Waals surface area contributed by atoms with Crippen molar-refractivity contribution in [3.8, 4) is 0 Å². The molecule has 182 valence electrons. The van der Waals surface area contributed by atoms with Gasteiger partial charge in [0, 0.05) is 19.2 Å². The van der Waals surface area contributed by atoms with Gasteiger partial charge in [-0.05, 0) is 38.2 Å². The Morgan fingerprint density at radius 3 is 2.36 bits per heavy atom. The van der Waals surface area contributed by atoms with E-state index in [9.17, 15) is 34.9 Å². The SMILES string of the molecule is N=C(N)NCCC[C@@H](NC(=O)[C@@H](N)CCCCNc1ccc([N+](=O)[O-])cc1[N+](=O)[O-])C(=O)O. The van der Waals surface area contributed by atoms with Gasteiger partial charge in [0.15, 0.2) is 5.96 Å². The summed E-state index contributed by atoms with van der Waals surface area (Å²) < 4.78 is 0. The van der Waals surface area contributed by atoms with Crippen LogP contribution in [0.2, 0.25) is 0 Å². The highest BCUT2D eigenvalue weighted by molar-refractivity contribution is 5.86. The third-order valence-electron chi connectivity index (χ3n) is 4.58. The van der Waals surface area contributed by atoms with E-state index < -0.39 is 39.5 Å². The van der Waals surface area contributed by atoms with Crippen LogP contribution in [0.15, 0.2) is 18.2 Å². The molecule has 1 aromatic rings. The molecule has 0 spiro atoms. The lowest BCUT2D eigenvalue weighted by Gasteiger charge is -2.18. The number of non-ortho nitro benzene ring substituents is 1. The van der Waals surface area contributed by atoms with Crippen LogP contribution in [0, 0.1) is 25.6 Å². The van der Waals surface area contributed by atoms with Gasteiger partial charge >= 0.3 is 5.97 Å². The second-order valence-electron chi connectivity index (χ2n) is 7.13. The van der Waals surface area contributed by atoms with E-state index >= 15 is 0 Å². The number of benzene rings is 1. The number of nitro groups is 2. The zero-order chi connectivity index (χ0) is 25.0. The summed E-state index contributed by atoms with van der Waals surface area (Å²) in [5.41, 5.74) is 10.3. The summed E-state index contributed by atoms with van der Waals surface area (Å²) in [5, 5.41) is 45.9. The molecule has 0 unspecified atom stereocenters. The second-order valence-corrected chi connectivity index (χ2v) is 7.13. The molecule has 9 N–H and O–H groups in total. The number of carboxylic acid groups (broad SMARTS) is 1. The van der Waals surface area contributed by atoms with Crippen molar-refractivity contribution in [2.45, 2.75) is 44.2 Å². The maximum absolute atomic E-state index is 12.2.